The molecule has 0 aliphatic carbocycles. The fourth-order valence-electron chi connectivity index (χ4n) is 3.00. The molecule has 0 spiro atoms. The third-order valence-corrected chi connectivity index (χ3v) is 4.16. The van der Waals surface area contributed by atoms with Gasteiger partial charge in [0.1, 0.15) is 23.1 Å². The summed E-state index contributed by atoms with van der Waals surface area (Å²) in [6, 6.07) is 17.1. The van der Waals surface area contributed by atoms with E-state index in [1.54, 1.807) is 36.4 Å². The molecule has 0 bridgehead atoms. The minimum absolute atomic E-state index is 0.0217. The van der Waals surface area contributed by atoms with Gasteiger partial charge in [-0.15, -0.1) is 0 Å². The molecule has 3 aromatic carbocycles. The van der Waals surface area contributed by atoms with E-state index in [1.807, 2.05) is 0 Å². The Kier molecular flexibility index (Phi) is 5.40. The highest BCUT2D eigenvalue weighted by atomic mass is 19.1. The molecular weight excluding hydrogens is 341 g/mol. The van der Waals surface area contributed by atoms with Crippen LogP contribution in [0.3, 0.4) is 0 Å². The van der Waals surface area contributed by atoms with Crippen LogP contribution in [-0.4, -0.2) is 18.3 Å². The highest BCUT2D eigenvalue weighted by Gasteiger charge is 2.37. The summed E-state index contributed by atoms with van der Waals surface area (Å²) in [5.41, 5.74) is 0.472. The molecule has 0 aliphatic heterocycles. The first kappa shape index (κ1) is 18.2. The van der Waals surface area contributed by atoms with Gasteiger partial charge in [0.05, 0.1) is 13.2 Å². The van der Waals surface area contributed by atoms with E-state index in [2.05, 4.69) is 0 Å². The van der Waals surface area contributed by atoms with E-state index in [0.29, 0.717) is 16.7 Å². The molecule has 0 radical (unpaired) electrons. The summed E-state index contributed by atoms with van der Waals surface area (Å²) in [5.74, 6) is -1.24. The molecule has 3 aromatic rings. The quantitative estimate of drug-likeness (QED) is 0.662. The third kappa shape index (κ3) is 3.49. The van der Waals surface area contributed by atoms with Gasteiger partial charge in [-0.1, -0.05) is 36.4 Å². The van der Waals surface area contributed by atoms with Crippen molar-refractivity contribution in [2.75, 3.05) is 13.2 Å². The minimum Gasteiger partial charge on any atom is -0.394 e. The first-order valence-electron chi connectivity index (χ1n) is 8.09. The molecule has 0 amide bonds. The molecular formula is C21H17F3O2. The van der Waals surface area contributed by atoms with Crippen LogP contribution in [0.4, 0.5) is 13.2 Å². The van der Waals surface area contributed by atoms with Crippen molar-refractivity contribution in [3.8, 4) is 0 Å². The molecule has 0 fully saturated rings. The van der Waals surface area contributed by atoms with Crippen molar-refractivity contribution in [1.29, 1.82) is 0 Å². The normalized spacial score (nSPS) is 11.5. The van der Waals surface area contributed by atoms with Crippen LogP contribution >= 0.6 is 0 Å². The van der Waals surface area contributed by atoms with Crippen molar-refractivity contribution in [3.05, 3.63) is 107 Å². The molecule has 0 atom stereocenters. The Labute approximate surface area is 149 Å². The van der Waals surface area contributed by atoms with Crippen molar-refractivity contribution in [2.24, 2.45) is 0 Å². The van der Waals surface area contributed by atoms with Crippen LogP contribution in [0.5, 0.6) is 0 Å². The number of aliphatic hydroxyl groups excluding tert-OH is 1. The summed E-state index contributed by atoms with van der Waals surface area (Å²) in [6.45, 7) is -0.266. The number of hydrogen-bond acceptors (Lipinski definition) is 2. The number of benzene rings is 3. The van der Waals surface area contributed by atoms with E-state index in [1.165, 1.54) is 36.4 Å². The zero-order valence-corrected chi connectivity index (χ0v) is 13.8. The lowest BCUT2D eigenvalue weighted by Gasteiger charge is -2.35. The summed E-state index contributed by atoms with van der Waals surface area (Å²) in [7, 11) is 0. The number of rotatable bonds is 6. The monoisotopic (exact) mass is 358 g/mol. The predicted octanol–water partition coefficient (Wildman–Crippen LogP) is 4.40. The van der Waals surface area contributed by atoms with E-state index in [-0.39, 0.29) is 13.2 Å². The Hall–Kier alpha value is -2.63. The van der Waals surface area contributed by atoms with Crippen LogP contribution in [0.25, 0.3) is 0 Å². The Bertz CT molecular complexity index is 733. The Morgan fingerprint density at radius 2 is 0.923 bits per heavy atom. The summed E-state index contributed by atoms with van der Waals surface area (Å²) in [6.07, 6.45) is 0. The summed E-state index contributed by atoms with van der Waals surface area (Å²) < 4.78 is 46.4. The Morgan fingerprint density at radius 1 is 0.615 bits per heavy atom. The minimum atomic E-state index is -1.25. The van der Waals surface area contributed by atoms with E-state index < -0.39 is 23.1 Å². The zero-order valence-electron chi connectivity index (χ0n) is 13.8. The average Bonchev–Trinajstić information content (AvgIpc) is 2.66. The highest BCUT2D eigenvalue weighted by molar-refractivity contribution is 5.47. The number of ether oxygens (including phenoxy) is 1. The summed E-state index contributed by atoms with van der Waals surface area (Å²) in [5, 5.41) is 9.30. The summed E-state index contributed by atoms with van der Waals surface area (Å²) in [4.78, 5) is 0. The molecule has 0 heterocycles. The second-order valence-corrected chi connectivity index (χ2v) is 5.77. The van der Waals surface area contributed by atoms with Gasteiger partial charge in [-0.3, -0.25) is 0 Å². The highest BCUT2D eigenvalue weighted by Crippen LogP contribution is 2.40. The van der Waals surface area contributed by atoms with Crippen LogP contribution < -0.4 is 0 Å². The molecule has 0 saturated heterocycles. The smallest absolute Gasteiger partial charge is 0.143 e. The third-order valence-electron chi connectivity index (χ3n) is 4.16. The van der Waals surface area contributed by atoms with E-state index in [4.69, 9.17) is 4.74 Å². The van der Waals surface area contributed by atoms with Gasteiger partial charge in [-0.05, 0) is 53.1 Å². The van der Waals surface area contributed by atoms with E-state index >= 15 is 0 Å². The van der Waals surface area contributed by atoms with Gasteiger partial charge in [-0.2, -0.15) is 0 Å². The molecule has 2 nitrogen and oxygen atoms in total. The van der Waals surface area contributed by atoms with Crippen LogP contribution in [0.15, 0.2) is 72.8 Å². The van der Waals surface area contributed by atoms with Gasteiger partial charge in [0.25, 0.3) is 0 Å². The second kappa shape index (κ2) is 7.72. The maximum atomic E-state index is 13.5. The van der Waals surface area contributed by atoms with Crippen molar-refractivity contribution in [1.82, 2.24) is 0 Å². The molecule has 134 valence electrons. The SMILES string of the molecule is OCCOC(c1ccc(F)cc1)(c1ccc(F)cc1)c1ccc(F)cc1. The topological polar surface area (TPSA) is 29.5 Å². The van der Waals surface area contributed by atoms with Gasteiger partial charge in [-0.25, -0.2) is 13.2 Å². The van der Waals surface area contributed by atoms with Gasteiger partial charge in [0, 0.05) is 0 Å². The number of aliphatic hydroxyl groups is 1. The van der Waals surface area contributed by atoms with E-state index in [9.17, 15) is 18.3 Å². The van der Waals surface area contributed by atoms with Gasteiger partial charge < -0.3 is 9.84 Å². The Morgan fingerprint density at radius 3 is 1.19 bits per heavy atom. The lowest BCUT2D eigenvalue weighted by atomic mass is 9.80. The molecule has 0 saturated carbocycles. The van der Waals surface area contributed by atoms with Gasteiger partial charge in [0.15, 0.2) is 0 Å². The lowest BCUT2D eigenvalue weighted by molar-refractivity contribution is -0.00654. The average molecular weight is 358 g/mol. The van der Waals surface area contributed by atoms with Crippen LogP contribution in [-0.2, 0) is 10.3 Å². The predicted molar refractivity (Wildman–Crippen MR) is 92.1 cm³/mol. The number of hydrogen-bond donors (Lipinski definition) is 1. The molecule has 0 aromatic heterocycles. The molecule has 0 aliphatic rings. The number of halogens is 3. The molecule has 0 unspecified atom stereocenters. The fourth-order valence-corrected chi connectivity index (χ4v) is 3.00. The summed E-state index contributed by atoms with van der Waals surface area (Å²) >= 11 is 0. The maximum Gasteiger partial charge on any atom is 0.143 e. The molecule has 3 rings (SSSR count). The van der Waals surface area contributed by atoms with Crippen molar-refractivity contribution >= 4 is 0 Å². The van der Waals surface area contributed by atoms with Crippen LogP contribution in [0.1, 0.15) is 16.7 Å². The Balaban J connectivity index is 2.27. The molecule has 5 heteroatoms. The first-order valence-corrected chi connectivity index (χ1v) is 8.09. The van der Waals surface area contributed by atoms with Crippen molar-refractivity contribution in [3.63, 3.8) is 0 Å². The first-order chi connectivity index (χ1) is 12.6. The van der Waals surface area contributed by atoms with E-state index in [0.717, 1.165) is 0 Å². The lowest BCUT2D eigenvalue weighted by Crippen LogP contribution is -2.34. The standard InChI is InChI=1S/C21H17F3O2/c22-18-7-1-15(2-8-18)21(26-14-13-25,16-3-9-19(23)10-4-16)17-5-11-20(24)12-6-17/h1-12,25H,13-14H2. The van der Waals surface area contributed by atoms with Crippen molar-refractivity contribution < 1.29 is 23.0 Å². The molecule has 1 N–H and O–H groups in total. The fraction of sp³-hybridized carbons (Fsp3) is 0.143. The van der Waals surface area contributed by atoms with Crippen molar-refractivity contribution in [2.45, 2.75) is 5.60 Å². The van der Waals surface area contributed by atoms with Gasteiger partial charge in [0.2, 0.25) is 0 Å². The largest absolute Gasteiger partial charge is 0.394 e. The maximum absolute atomic E-state index is 13.5. The molecule has 26 heavy (non-hydrogen) atoms. The second-order valence-electron chi connectivity index (χ2n) is 5.77. The van der Waals surface area contributed by atoms with Gasteiger partial charge >= 0.3 is 0 Å². The van der Waals surface area contributed by atoms with Crippen LogP contribution in [0.2, 0.25) is 0 Å². The zero-order chi connectivity index (χ0) is 18.6. The van der Waals surface area contributed by atoms with Crippen LogP contribution in [0, 0.1) is 17.5 Å².